The number of halogens is 1. The number of anilines is 1. The third-order valence-corrected chi connectivity index (χ3v) is 4.53. The lowest BCUT2D eigenvalue weighted by Gasteiger charge is -2.23. The number of hydrogen-bond acceptors (Lipinski definition) is 4. The third kappa shape index (κ3) is 4.80. The summed E-state index contributed by atoms with van der Waals surface area (Å²) in [6.45, 7) is 6.95. The Morgan fingerprint density at radius 1 is 1.21 bits per heavy atom. The molecule has 1 saturated heterocycles. The zero-order valence-corrected chi connectivity index (χ0v) is 16.3. The molecular weight excluding hydrogens is 357 g/mol. The van der Waals surface area contributed by atoms with Gasteiger partial charge in [0, 0.05) is 18.5 Å². The minimum Gasteiger partial charge on any atom is -0.444 e. The van der Waals surface area contributed by atoms with Crippen LogP contribution in [0.1, 0.15) is 32.8 Å². The lowest BCUT2D eigenvalue weighted by molar-refractivity contribution is 0.101. The van der Waals surface area contributed by atoms with E-state index < -0.39 is 6.09 Å². The summed E-state index contributed by atoms with van der Waals surface area (Å²) in [4.78, 5) is 14.0. The van der Waals surface area contributed by atoms with Crippen molar-refractivity contribution in [2.75, 3.05) is 18.0 Å². The van der Waals surface area contributed by atoms with Crippen LogP contribution >= 0.6 is 0 Å². The van der Waals surface area contributed by atoms with Crippen LogP contribution in [0.3, 0.4) is 0 Å². The maximum absolute atomic E-state index is 13.1. The van der Waals surface area contributed by atoms with Crippen molar-refractivity contribution in [1.29, 1.82) is 5.26 Å². The molecule has 1 aliphatic heterocycles. The lowest BCUT2D eigenvalue weighted by Crippen LogP contribution is -2.42. The van der Waals surface area contributed by atoms with Crippen molar-refractivity contribution in [3.63, 3.8) is 0 Å². The second kappa shape index (κ2) is 7.89. The molecule has 0 bridgehead atoms. The molecule has 0 saturated carbocycles. The highest BCUT2D eigenvalue weighted by atomic mass is 19.1. The number of alkyl carbamates (subject to hydrolysis) is 1. The summed E-state index contributed by atoms with van der Waals surface area (Å²) in [7, 11) is 0. The fourth-order valence-corrected chi connectivity index (χ4v) is 3.25. The molecule has 1 N–H and O–H groups in total. The minimum absolute atomic E-state index is 0.217. The second-order valence-electron chi connectivity index (χ2n) is 7.99. The first kappa shape index (κ1) is 19.7. The molecular formula is C22H24FN3O2. The molecule has 1 fully saturated rings. The molecule has 0 aliphatic carbocycles. The molecule has 146 valence electrons. The van der Waals surface area contributed by atoms with Crippen molar-refractivity contribution >= 4 is 11.8 Å². The van der Waals surface area contributed by atoms with Gasteiger partial charge < -0.3 is 15.0 Å². The van der Waals surface area contributed by atoms with Crippen molar-refractivity contribution in [2.24, 2.45) is 0 Å². The van der Waals surface area contributed by atoms with E-state index >= 15 is 0 Å². The standard InChI is InChI=1S/C22H24FN3O2/c1-22(2,3)25-21(27)28-19-10-11-26(14-19)20-9-6-16(12-17(20)13-24)15-4-7-18(23)8-5-15/h4-9,12,19H,10-11,14H2,1-3H3,(H,25,27)/t19-/m0/s1. The summed E-state index contributed by atoms with van der Waals surface area (Å²) in [5, 5.41) is 12.4. The highest BCUT2D eigenvalue weighted by Gasteiger charge is 2.28. The van der Waals surface area contributed by atoms with Gasteiger partial charge in [0.05, 0.1) is 17.8 Å². The van der Waals surface area contributed by atoms with Crippen molar-refractivity contribution < 1.29 is 13.9 Å². The van der Waals surface area contributed by atoms with Crippen LogP contribution < -0.4 is 10.2 Å². The van der Waals surface area contributed by atoms with E-state index in [1.165, 1.54) is 12.1 Å². The number of amides is 1. The fourth-order valence-electron chi connectivity index (χ4n) is 3.25. The summed E-state index contributed by atoms with van der Waals surface area (Å²) in [6.07, 6.45) is 0.0690. The third-order valence-electron chi connectivity index (χ3n) is 4.53. The second-order valence-corrected chi connectivity index (χ2v) is 7.99. The maximum atomic E-state index is 13.1. The van der Waals surface area contributed by atoms with Gasteiger partial charge in [0.25, 0.3) is 0 Å². The lowest BCUT2D eigenvalue weighted by atomic mass is 10.0. The highest BCUT2D eigenvalue weighted by molar-refractivity contribution is 5.72. The number of rotatable bonds is 3. The Labute approximate surface area is 164 Å². The van der Waals surface area contributed by atoms with Crippen molar-refractivity contribution in [1.82, 2.24) is 5.32 Å². The number of nitrogens with one attached hydrogen (secondary N) is 1. The molecule has 2 aromatic rings. The summed E-state index contributed by atoms with van der Waals surface area (Å²) in [5.74, 6) is -0.292. The van der Waals surface area contributed by atoms with Crippen molar-refractivity contribution in [3.05, 3.63) is 53.8 Å². The first-order chi connectivity index (χ1) is 13.2. The SMILES string of the molecule is CC(C)(C)NC(=O)O[C@H]1CCN(c2ccc(-c3ccc(F)cc3)cc2C#N)C1. The predicted molar refractivity (Wildman–Crippen MR) is 107 cm³/mol. The van der Waals surface area contributed by atoms with Crippen LogP contribution in [0.25, 0.3) is 11.1 Å². The molecule has 0 aromatic heterocycles. The Balaban J connectivity index is 1.71. The molecule has 5 nitrogen and oxygen atoms in total. The smallest absolute Gasteiger partial charge is 0.407 e. The highest BCUT2D eigenvalue weighted by Crippen LogP contribution is 2.30. The molecule has 1 heterocycles. The van der Waals surface area contributed by atoms with Crippen LogP contribution in [-0.2, 0) is 4.74 Å². The predicted octanol–water partition coefficient (Wildman–Crippen LogP) is 4.47. The van der Waals surface area contributed by atoms with Gasteiger partial charge in [0.1, 0.15) is 18.0 Å². The van der Waals surface area contributed by atoms with Crippen LogP contribution in [0.2, 0.25) is 0 Å². The normalized spacial score (nSPS) is 16.5. The topological polar surface area (TPSA) is 65.4 Å². The van der Waals surface area contributed by atoms with E-state index in [4.69, 9.17) is 4.74 Å². The first-order valence-electron chi connectivity index (χ1n) is 9.29. The van der Waals surface area contributed by atoms with E-state index in [-0.39, 0.29) is 17.5 Å². The number of ether oxygens (including phenoxy) is 1. The van der Waals surface area contributed by atoms with E-state index in [0.29, 0.717) is 25.1 Å². The minimum atomic E-state index is -0.425. The van der Waals surface area contributed by atoms with Crippen LogP contribution in [-0.4, -0.2) is 30.8 Å². The maximum Gasteiger partial charge on any atom is 0.407 e. The number of carbonyl (C=O) groups is 1. The Kier molecular flexibility index (Phi) is 5.55. The van der Waals surface area contributed by atoms with Gasteiger partial charge in [-0.15, -0.1) is 0 Å². The number of carbonyl (C=O) groups excluding carboxylic acids is 1. The molecule has 6 heteroatoms. The van der Waals surface area contributed by atoms with Gasteiger partial charge in [-0.2, -0.15) is 5.26 Å². The van der Waals surface area contributed by atoms with Gasteiger partial charge in [0.15, 0.2) is 0 Å². The largest absolute Gasteiger partial charge is 0.444 e. The Hall–Kier alpha value is -3.07. The molecule has 1 aliphatic rings. The molecule has 1 atom stereocenters. The van der Waals surface area contributed by atoms with Gasteiger partial charge in [-0.1, -0.05) is 18.2 Å². The summed E-state index contributed by atoms with van der Waals surface area (Å²) >= 11 is 0. The van der Waals surface area contributed by atoms with Crippen LogP contribution in [0.4, 0.5) is 14.9 Å². The molecule has 0 unspecified atom stereocenters. The van der Waals surface area contributed by atoms with Crippen LogP contribution in [0.15, 0.2) is 42.5 Å². The quantitative estimate of drug-likeness (QED) is 0.852. The van der Waals surface area contributed by atoms with Gasteiger partial charge in [0.2, 0.25) is 0 Å². The zero-order valence-electron chi connectivity index (χ0n) is 16.3. The van der Waals surface area contributed by atoms with Crippen molar-refractivity contribution in [2.45, 2.75) is 38.8 Å². The van der Waals surface area contributed by atoms with E-state index in [9.17, 15) is 14.4 Å². The van der Waals surface area contributed by atoms with Crippen molar-refractivity contribution in [3.8, 4) is 17.2 Å². The Bertz CT molecular complexity index is 897. The van der Waals surface area contributed by atoms with E-state index in [2.05, 4.69) is 16.3 Å². The average Bonchev–Trinajstić information content (AvgIpc) is 3.08. The molecule has 2 aromatic carbocycles. The van der Waals surface area contributed by atoms with Gasteiger partial charge in [-0.05, 0) is 56.2 Å². The van der Waals surface area contributed by atoms with Gasteiger partial charge in [-0.3, -0.25) is 0 Å². The number of hydrogen-bond donors (Lipinski definition) is 1. The van der Waals surface area contributed by atoms with E-state index in [1.807, 2.05) is 39.0 Å². The summed E-state index contributed by atoms with van der Waals surface area (Å²) < 4.78 is 18.6. The molecule has 1 amide bonds. The van der Waals surface area contributed by atoms with Gasteiger partial charge in [-0.25, -0.2) is 9.18 Å². The van der Waals surface area contributed by atoms with E-state index in [1.54, 1.807) is 12.1 Å². The zero-order chi connectivity index (χ0) is 20.3. The Morgan fingerprint density at radius 3 is 2.54 bits per heavy atom. The monoisotopic (exact) mass is 381 g/mol. The molecule has 0 radical (unpaired) electrons. The van der Waals surface area contributed by atoms with Crippen LogP contribution in [0.5, 0.6) is 0 Å². The molecule has 3 rings (SSSR count). The summed E-state index contributed by atoms with van der Waals surface area (Å²) in [5.41, 5.74) is 2.72. The number of nitrogens with zero attached hydrogens (tertiary/aromatic N) is 2. The number of benzene rings is 2. The summed E-state index contributed by atoms with van der Waals surface area (Å²) in [6, 6.07) is 14.1. The Morgan fingerprint density at radius 2 is 1.89 bits per heavy atom. The molecule has 28 heavy (non-hydrogen) atoms. The van der Waals surface area contributed by atoms with E-state index in [0.717, 1.165) is 16.8 Å². The fraction of sp³-hybridized carbons (Fsp3) is 0.364. The van der Waals surface area contributed by atoms with Gasteiger partial charge >= 0.3 is 6.09 Å². The first-order valence-corrected chi connectivity index (χ1v) is 9.29. The van der Waals surface area contributed by atoms with Crippen LogP contribution in [0, 0.1) is 17.1 Å². The average molecular weight is 381 g/mol. The molecule has 0 spiro atoms. The number of nitriles is 1.